The highest BCUT2D eigenvalue weighted by atomic mass is 16.5. The molecule has 3 nitrogen and oxygen atoms in total. The van der Waals surface area contributed by atoms with Crippen molar-refractivity contribution in [1.82, 2.24) is 0 Å². The quantitative estimate of drug-likeness (QED) is 0.823. The van der Waals surface area contributed by atoms with Crippen molar-refractivity contribution in [2.45, 2.75) is 19.3 Å². The van der Waals surface area contributed by atoms with Gasteiger partial charge in [-0.3, -0.25) is 0 Å². The Kier molecular flexibility index (Phi) is 3.31. The monoisotopic (exact) mass is 216 g/mol. The second-order valence-electron chi connectivity index (χ2n) is 4.15. The van der Waals surface area contributed by atoms with Gasteiger partial charge in [-0.15, -0.1) is 0 Å². The zero-order valence-electron chi connectivity index (χ0n) is 9.49. The van der Waals surface area contributed by atoms with E-state index in [0.717, 1.165) is 23.9 Å². The molecule has 0 radical (unpaired) electrons. The molecule has 2 rings (SSSR count). The van der Waals surface area contributed by atoms with E-state index in [9.17, 15) is 0 Å². The van der Waals surface area contributed by atoms with Gasteiger partial charge in [-0.05, 0) is 24.5 Å². The van der Waals surface area contributed by atoms with E-state index in [1.165, 1.54) is 19.3 Å². The molecule has 0 heterocycles. The number of rotatable bonds is 5. The third kappa shape index (κ3) is 2.46. The van der Waals surface area contributed by atoms with Gasteiger partial charge < -0.3 is 10.1 Å². The van der Waals surface area contributed by atoms with Crippen molar-refractivity contribution in [2.75, 3.05) is 19.0 Å². The average Bonchev–Trinajstić information content (AvgIpc) is 3.13. The second kappa shape index (κ2) is 4.89. The van der Waals surface area contributed by atoms with Crippen LogP contribution in [0.3, 0.4) is 0 Å². The summed E-state index contributed by atoms with van der Waals surface area (Å²) >= 11 is 0. The van der Waals surface area contributed by atoms with E-state index in [2.05, 4.69) is 11.4 Å². The molecule has 1 aliphatic carbocycles. The minimum atomic E-state index is 0.648. The van der Waals surface area contributed by atoms with Gasteiger partial charge in [-0.25, -0.2) is 0 Å². The van der Waals surface area contributed by atoms with Crippen LogP contribution in [0.2, 0.25) is 0 Å². The van der Waals surface area contributed by atoms with E-state index in [1.54, 1.807) is 7.11 Å². The van der Waals surface area contributed by atoms with Crippen LogP contribution in [-0.4, -0.2) is 13.7 Å². The van der Waals surface area contributed by atoms with E-state index in [-0.39, 0.29) is 0 Å². The lowest BCUT2D eigenvalue weighted by atomic mass is 10.1. The van der Waals surface area contributed by atoms with Crippen molar-refractivity contribution in [3.05, 3.63) is 23.8 Å². The molecule has 1 N–H and O–H groups in total. The van der Waals surface area contributed by atoms with Crippen LogP contribution >= 0.6 is 0 Å². The number of nitriles is 1. The molecule has 1 saturated carbocycles. The minimum Gasteiger partial charge on any atom is -0.495 e. The number of hydrogen-bond acceptors (Lipinski definition) is 3. The molecular formula is C13H16N2O. The Balaban J connectivity index is 2.06. The third-order valence-electron chi connectivity index (χ3n) is 2.92. The number of anilines is 1. The van der Waals surface area contributed by atoms with Crippen molar-refractivity contribution < 1.29 is 4.74 Å². The maximum Gasteiger partial charge on any atom is 0.143 e. The third-order valence-corrected chi connectivity index (χ3v) is 2.92. The molecule has 1 aliphatic rings. The van der Waals surface area contributed by atoms with Gasteiger partial charge in [0.25, 0.3) is 0 Å². The van der Waals surface area contributed by atoms with E-state index >= 15 is 0 Å². The first-order valence-electron chi connectivity index (χ1n) is 5.66. The molecule has 1 fully saturated rings. The van der Waals surface area contributed by atoms with Crippen molar-refractivity contribution in [3.8, 4) is 11.8 Å². The number of hydrogen-bond donors (Lipinski definition) is 1. The number of methoxy groups -OCH3 is 1. The van der Waals surface area contributed by atoms with Gasteiger partial charge in [-0.2, -0.15) is 5.26 Å². The first-order chi connectivity index (χ1) is 7.85. The van der Waals surface area contributed by atoms with Crippen LogP contribution in [0.1, 0.15) is 24.8 Å². The molecule has 16 heavy (non-hydrogen) atoms. The average molecular weight is 216 g/mol. The topological polar surface area (TPSA) is 45.0 Å². The number of nitrogens with one attached hydrogen (secondary N) is 1. The van der Waals surface area contributed by atoms with Gasteiger partial charge in [0.1, 0.15) is 11.8 Å². The first-order valence-corrected chi connectivity index (χ1v) is 5.66. The van der Waals surface area contributed by atoms with E-state index < -0.39 is 0 Å². The fourth-order valence-corrected chi connectivity index (χ4v) is 1.78. The van der Waals surface area contributed by atoms with Crippen LogP contribution in [0.25, 0.3) is 0 Å². The summed E-state index contributed by atoms with van der Waals surface area (Å²) < 4.78 is 5.25. The predicted octanol–water partition coefficient (Wildman–Crippen LogP) is 2.78. The molecule has 0 aromatic heterocycles. The van der Waals surface area contributed by atoms with Gasteiger partial charge >= 0.3 is 0 Å². The summed E-state index contributed by atoms with van der Waals surface area (Å²) in [6.07, 6.45) is 3.90. The summed E-state index contributed by atoms with van der Waals surface area (Å²) in [5.41, 5.74) is 1.48. The van der Waals surface area contributed by atoms with Crippen LogP contribution in [-0.2, 0) is 0 Å². The summed E-state index contributed by atoms with van der Waals surface area (Å²) in [6.45, 7) is 0.916. The van der Waals surface area contributed by atoms with Crippen molar-refractivity contribution >= 4 is 5.69 Å². The molecule has 3 heteroatoms. The first kappa shape index (κ1) is 10.8. The van der Waals surface area contributed by atoms with E-state index in [1.807, 2.05) is 18.2 Å². The highest BCUT2D eigenvalue weighted by molar-refractivity contribution is 5.66. The number of ether oxygens (including phenoxy) is 1. The molecule has 1 aromatic carbocycles. The molecule has 0 unspecified atom stereocenters. The Morgan fingerprint density at radius 1 is 1.50 bits per heavy atom. The van der Waals surface area contributed by atoms with E-state index in [0.29, 0.717) is 5.56 Å². The van der Waals surface area contributed by atoms with Crippen LogP contribution in [0.5, 0.6) is 5.75 Å². The molecule has 0 spiro atoms. The Morgan fingerprint density at radius 2 is 2.31 bits per heavy atom. The lowest BCUT2D eigenvalue weighted by Crippen LogP contribution is -2.05. The highest BCUT2D eigenvalue weighted by Gasteiger charge is 2.20. The lowest BCUT2D eigenvalue weighted by Gasteiger charge is -2.12. The van der Waals surface area contributed by atoms with Gasteiger partial charge in [0, 0.05) is 6.54 Å². The predicted molar refractivity (Wildman–Crippen MR) is 63.5 cm³/mol. The van der Waals surface area contributed by atoms with Gasteiger partial charge in [0.15, 0.2) is 0 Å². The van der Waals surface area contributed by atoms with Crippen molar-refractivity contribution in [2.24, 2.45) is 5.92 Å². The van der Waals surface area contributed by atoms with Gasteiger partial charge in [0.05, 0.1) is 18.4 Å². The van der Waals surface area contributed by atoms with Crippen molar-refractivity contribution in [1.29, 1.82) is 5.26 Å². The maximum atomic E-state index is 9.01. The van der Waals surface area contributed by atoms with Crippen LogP contribution in [0, 0.1) is 17.2 Å². The summed E-state index contributed by atoms with van der Waals surface area (Å²) in [5.74, 6) is 1.64. The summed E-state index contributed by atoms with van der Waals surface area (Å²) in [6, 6.07) is 7.70. The summed E-state index contributed by atoms with van der Waals surface area (Å²) in [5, 5.41) is 12.3. The second-order valence-corrected chi connectivity index (χ2v) is 4.15. The van der Waals surface area contributed by atoms with Crippen LogP contribution in [0.15, 0.2) is 18.2 Å². The maximum absolute atomic E-state index is 9.01. The fourth-order valence-electron chi connectivity index (χ4n) is 1.78. The smallest absolute Gasteiger partial charge is 0.143 e. The number of benzene rings is 1. The summed E-state index contributed by atoms with van der Waals surface area (Å²) in [7, 11) is 1.63. The fraction of sp³-hybridized carbons (Fsp3) is 0.462. The number of nitrogens with zero attached hydrogens (tertiary/aromatic N) is 1. The largest absolute Gasteiger partial charge is 0.495 e. The summed E-state index contributed by atoms with van der Waals surface area (Å²) in [4.78, 5) is 0. The van der Waals surface area contributed by atoms with Gasteiger partial charge in [-0.1, -0.05) is 18.9 Å². The molecular weight excluding hydrogens is 200 g/mol. The standard InChI is InChI=1S/C13H16N2O/c1-16-12-4-2-3-11(9-14)13(12)15-8-7-10-5-6-10/h2-4,10,15H,5-8H2,1H3. The lowest BCUT2D eigenvalue weighted by molar-refractivity contribution is 0.416. The minimum absolute atomic E-state index is 0.648. The molecule has 0 saturated heterocycles. The van der Waals surface area contributed by atoms with Crippen molar-refractivity contribution in [3.63, 3.8) is 0 Å². The zero-order valence-corrected chi connectivity index (χ0v) is 9.49. The Hall–Kier alpha value is -1.69. The number of para-hydroxylation sites is 1. The van der Waals surface area contributed by atoms with E-state index in [4.69, 9.17) is 10.00 Å². The SMILES string of the molecule is COc1cccc(C#N)c1NCCC1CC1. The highest BCUT2D eigenvalue weighted by Crippen LogP contribution is 2.33. The van der Waals surface area contributed by atoms with Gasteiger partial charge in [0.2, 0.25) is 0 Å². The molecule has 0 atom stereocenters. The van der Waals surface area contributed by atoms with Crippen LogP contribution in [0.4, 0.5) is 5.69 Å². The Morgan fingerprint density at radius 3 is 2.94 bits per heavy atom. The molecule has 0 aliphatic heterocycles. The molecule has 0 amide bonds. The normalized spacial score (nSPS) is 14.2. The molecule has 1 aromatic rings. The Bertz CT molecular complexity index is 405. The zero-order chi connectivity index (χ0) is 11.4. The van der Waals surface area contributed by atoms with Crippen LogP contribution < -0.4 is 10.1 Å². The Labute approximate surface area is 96.0 Å². The molecule has 84 valence electrons. The molecule has 0 bridgehead atoms.